The number of hydrogen-bond acceptors (Lipinski definition) is 3. The Balaban J connectivity index is 3.54. The fourth-order valence-corrected chi connectivity index (χ4v) is 0.471. The smallest absolute Gasteiger partial charge is 0.298 e. The maximum Gasteiger partial charge on any atom is 0.298 e. The molecule has 0 unspecified atom stereocenters. The Morgan fingerprint density at radius 3 is 2.90 bits per heavy atom. The van der Waals surface area contributed by atoms with Gasteiger partial charge in [0.2, 0.25) is 0 Å². The molecule has 56 valence electrons. The number of terminal acetylenes is 1. The van der Waals surface area contributed by atoms with Crippen LogP contribution >= 0.6 is 12.9 Å². The third-order valence-corrected chi connectivity index (χ3v) is 1.17. The molecular weight excluding hydrogens is 150 g/mol. The molecule has 4 heteroatoms. The van der Waals surface area contributed by atoms with Gasteiger partial charge >= 0.3 is 0 Å². The maximum atomic E-state index is 10.6. The second-order valence-corrected chi connectivity index (χ2v) is 1.96. The van der Waals surface area contributed by atoms with Crippen LogP contribution in [0.2, 0.25) is 0 Å². The molecule has 0 aromatic rings. The van der Waals surface area contributed by atoms with Crippen LogP contribution < -0.4 is 0 Å². The van der Waals surface area contributed by atoms with Crippen LogP contribution in [0.3, 0.4) is 0 Å². The second kappa shape index (κ2) is 5.15. The molecule has 0 rings (SSSR count). The first kappa shape index (κ1) is 9.34. The Morgan fingerprint density at radius 1 is 1.90 bits per heavy atom. The van der Waals surface area contributed by atoms with Crippen molar-refractivity contribution in [2.75, 3.05) is 20.2 Å². The molecule has 0 heterocycles. The van der Waals surface area contributed by atoms with E-state index in [1.54, 1.807) is 7.05 Å². The van der Waals surface area contributed by atoms with Crippen LogP contribution in [0.25, 0.3) is 0 Å². The van der Waals surface area contributed by atoms with E-state index in [2.05, 4.69) is 17.1 Å². The van der Waals surface area contributed by atoms with E-state index in [-0.39, 0.29) is 5.91 Å². The highest BCUT2D eigenvalue weighted by Gasteiger charge is 2.02. The van der Waals surface area contributed by atoms with Crippen LogP contribution in [0.1, 0.15) is 0 Å². The van der Waals surface area contributed by atoms with E-state index >= 15 is 0 Å². The molecule has 0 atom stereocenters. The summed E-state index contributed by atoms with van der Waals surface area (Å²) in [6.45, 7) is 0.847. The van der Waals surface area contributed by atoms with Crippen molar-refractivity contribution in [2.24, 2.45) is 0 Å². The highest BCUT2D eigenvalue weighted by atomic mass is 32.1. The lowest BCUT2D eigenvalue weighted by Crippen LogP contribution is -2.28. The molecule has 3 nitrogen and oxygen atoms in total. The molecular formula is C6H9NO2S. The summed E-state index contributed by atoms with van der Waals surface area (Å²) in [4.78, 5) is 12.0. The monoisotopic (exact) mass is 159 g/mol. The van der Waals surface area contributed by atoms with E-state index in [1.807, 2.05) is 5.92 Å². The van der Waals surface area contributed by atoms with Crippen LogP contribution in [-0.2, 0) is 8.98 Å². The highest BCUT2D eigenvalue weighted by Crippen LogP contribution is 1.85. The predicted molar refractivity (Wildman–Crippen MR) is 41.4 cm³/mol. The van der Waals surface area contributed by atoms with E-state index in [1.165, 1.54) is 4.90 Å². The molecule has 0 spiro atoms. The fourth-order valence-electron chi connectivity index (χ4n) is 0.389. The number of likely N-dealkylation sites (N-methyl/N-ethyl adjacent to an activating group) is 1. The lowest BCUT2D eigenvalue weighted by molar-refractivity contribution is -0.124. The maximum absolute atomic E-state index is 10.6. The van der Waals surface area contributed by atoms with E-state index in [4.69, 9.17) is 6.42 Å². The van der Waals surface area contributed by atoms with Crippen LogP contribution in [-0.4, -0.2) is 31.0 Å². The Hall–Kier alpha value is -0.660. The van der Waals surface area contributed by atoms with Gasteiger partial charge in [0.1, 0.15) is 0 Å². The van der Waals surface area contributed by atoms with Gasteiger partial charge in [-0.05, 0) is 18.8 Å². The SMILES string of the molecule is C#CC(=O)N(C)CCOS. The van der Waals surface area contributed by atoms with Gasteiger partial charge in [-0.15, -0.1) is 6.42 Å². The molecule has 0 aliphatic carbocycles. The summed E-state index contributed by atoms with van der Waals surface area (Å²) in [5, 5.41) is 0. The number of carbonyl (C=O) groups is 1. The molecule has 0 aromatic heterocycles. The average molecular weight is 159 g/mol. The zero-order valence-electron chi connectivity index (χ0n) is 5.70. The van der Waals surface area contributed by atoms with Gasteiger partial charge in [-0.1, -0.05) is 0 Å². The summed E-state index contributed by atoms with van der Waals surface area (Å²) >= 11 is 3.50. The van der Waals surface area contributed by atoms with E-state index in [9.17, 15) is 4.79 Å². The summed E-state index contributed by atoms with van der Waals surface area (Å²) in [5.41, 5.74) is 0. The lowest BCUT2D eigenvalue weighted by atomic mass is 10.5. The van der Waals surface area contributed by atoms with Crippen LogP contribution in [0, 0.1) is 12.3 Å². The minimum atomic E-state index is -0.342. The Kier molecular flexibility index (Phi) is 4.81. The third-order valence-electron chi connectivity index (χ3n) is 0.988. The number of rotatable bonds is 3. The minimum Gasteiger partial charge on any atom is -0.333 e. The molecule has 0 saturated carbocycles. The topological polar surface area (TPSA) is 29.5 Å². The van der Waals surface area contributed by atoms with Crippen molar-refractivity contribution in [3.63, 3.8) is 0 Å². The van der Waals surface area contributed by atoms with Crippen LogP contribution in [0.4, 0.5) is 0 Å². The number of carbonyl (C=O) groups excluding carboxylic acids is 1. The largest absolute Gasteiger partial charge is 0.333 e. The van der Waals surface area contributed by atoms with Crippen molar-refractivity contribution in [1.29, 1.82) is 0 Å². The number of nitrogens with zero attached hydrogens (tertiary/aromatic N) is 1. The van der Waals surface area contributed by atoms with Crippen molar-refractivity contribution in [3.8, 4) is 12.3 Å². The van der Waals surface area contributed by atoms with Gasteiger partial charge in [-0.25, -0.2) is 0 Å². The van der Waals surface area contributed by atoms with Gasteiger partial charge in [0.05, 0.1) is 6.61 Å². The molecule has 0 bridgehead atoms. The molecule has 0 aliphatic rings. The second-order valence-electron chi connectivity index (χ2n) is 1.70. The molecule has 0 aliphatic heterocycles. The molecule has 0 radical (unpaired) electrons. The predicted octanol–water partition coefficient (Wildman–Crippen LogP) is -0.0606. The first-order valence-corrected chi connectivity index (χ1v) is 3.07. The normalized spacial score (nSPS) is 8.50. The van der Waals surface area contributed by atoms with E-state index in [0.717, 1.165) is 0 Å². The molecule has 0 aromatic carbocycles. The van der Waals surface area contributed by atoms with Gasteiger partial charge in [-0.2, -0.15) is 0 Å². The standard InChI is InChI=1S/C6H9NO2S/c1-3-6(8)7(2)4-5-9-10/h1,10H,4-5H2,2H3. The fraction of sp³-hybridized carbons (Fsp3) is 0.500. The van der Waals surface area contributed by atoms with Gasteiger partial charge in [0.25, 0.3) is 5.91 Å². The van der Waals surface area contributed by atoms with Crippen molar-refractivity contribution in [1.82, 2.24) is 4.90 Å². The Labute approximate surface area is 66.0 Å². The highest BCUT2D eigenvalue weighted by molar-refractivity contribution is 7.75. The summed E-state index contributed by atoms with van der Waals surface area (Å²) in [6, 6.07) is 0. The van der Waals surface area contributed by atoms with Crippen molar-refractivity contribution in [3.05, 3.63) is 0 Å². The molecule has 0 N–H and O–H groups in total. The Bertz CT molecular complexity index is 152. The van der Waals surface area contributed by atoms with Gasteiger partial charge < -0.3 is 9.08 Å². The summed E-state index contributed by atoms with van der Waals surface area (Å²) in [6.07, 6.45) is 4.84. The van der Waals surface area contributed by atoms with Crippen molar-refractivity contribution >= 4 is 18.8 Å². The molecule has 10 heavy (non-hydrogen) atoms. The minimum absolute atomic E-state index is 0.342. The zero-order chi connectivity index (χ0) is 7.98. The average Bonchev–Trinajstić information content (AvgIpc) is 1.98. The summed E-state index contributed by atoms with van der Waals surface area (Å²) in [7, 11) is 1.61. The summed E-state index contributed by atoms with van der Waals surface area (Å²) < 4.78 is 4.44. The van der Waals surface area contributed by atoms with Gasteiger partial charge in [0, 0.05) is 13.6 Å². The number of hydrogen-bond donors (Lipinski definition) is 1. The molecule has 0 saturated heterocycles. The van der Waals surface area contributed by atoms with Crippen molar-refractivity contribution < 1.29 is 8.98 Å². The van der Waals surface area contributed by atoms with E-state index in [0.29, 0.717) is 13.2 Å². The zero-order valence-corrected chi connectivity index (χ0v) is 6.60. The molecule has 0 fully saturated rings. The number of thiol groups is 1. The first-order chi connectivity index (χ1) is 4.72. The third kappa shape index (κ3) is 3.38. The first-order valence-electron chi connectivity index (χ1n) is 2.70. The van der Waals surface area contributed by atoms with Crippen molar-refractivity contribution in [2.45, 2.75) is 0 Å². The number of amides is 1. The van der Waals surface area contributed by atoms with E-state index < -0.39 is 0 Å². The molecule has 1 amide bonds. The summed E-state index contributed by atoms with van der Waals surface area (Å²) in [5.74, 6) is 1.64. The Morgan fingerprint density at radius 2 is 2.50 bits per heavy atom. The van der Waals surface area contributed by atoms with Crippen LogP contribution in [0.15, 0.2) is 0 Å². The van der Waals surface area contributed by atoms with Crippen LogP contribution in [0.5, 0.6) is 0 Å². The van der Waals surface area contributed by atoms with Gasteiger partial charge in [-0.3, -0.25) is 4.79 Å². The lowest BCUT2D eigenvalue weighted by Gasteiger charge is -2.11. The quantitative estimate of drug-likeness (QED) is 0.355. The van der Waals surface area contributed by atoms with Gasteiger partial charge in [0.15, 0.2) is 0 Å².